The molecule has 0 radical (unpaired) electrons. The Bertz CT molecular complexity index is 762. The van der Waals surface area contributed by atoms with Crippen molar-refractivity contribution in [2.24, 2.45) is 5.92 Å². The van der Waals surface area contributed by atoms with Crippen molar-refractivity contribution < 1.29 is 23.9 Å². The van der Waals surface area contributed by atoms with Gasteiger partial charge in [-0.1, -0.05) is 26.8 Å². The first-order valence-electron chi connectivity index (χ1n) is 8.65. The Kier molecular flexibility index (Phi) is 7.91. The number of halogens is 1. The van der Waals surface area contributed by atoms with E-state index in [0.29, 0.717) is 6.61 Å². The van der Waals surface area contributed by atoms with Crippen molar-refractivity contribution in [2.75, 3.05) is 19.8 Å². The molecule has 2 amide bonds. The van der Waals surface area contributed by atoms with Gasteiger partial charge in [0, 0.05) is 0 Å². The molecule has 2 rings (SSSR count). The highest BCUT2D eigenvalue weighted by Gasteiger charge is 2.36. The molecule has 0 spiro atoms. The summed E-state index contributed by atoms with van der Waals surface area (Å²) in [4.78, 5) is 37.5. The topological polar surface area (TPSA) is 72.9 Å². The van der Waals surface area contributed by atoms with Gasteiger partial charge in [-0.15, -0.1) is 0 Å². The van der Waals surface area contributed by atoms with Crippen LogP contribution in [0.4, 0.5) is 4.79 Å². The molecule has 1 aromatic rings. The van der Waals surface area contributed by atoms with E-state index in [2.05, 4.69) is 15.9 Å². The van der Waals surface area contributed by atoms with Gasteiger partial charge in [0.15, 0.2) is 0 Å². The van der Waals surface area contributed by atoms with Gasteiger partial charge >= 0.3 is 5.97 Å². The van der Waals surface area contributed by atoms with Crippen LogP contribution in [0.25, 0.3) is 6.08 Å². The van der Waals surface area contributed by atoms with Crippen LogP contribution in [0.15, 0.2) is 27.6 Å². The number of hydrogen-bond acceptors (Lipinski definition) is 6. The fraction of sp³-hybridized carbons (Fsp3) is 0.421. The van der Waals surface area contributed by atoms with Crippen LogP contribution in [0, 0.1) is 5.92 Å². The highest BCUT2D eigenvalue weighted by atomic mass is 79.9. The lowest BCUT2D eigenvalue weighted by molar-refractivity contribution is -0.147. The standard InChI is InChI=1S/C19H22BrNO5S/c1-4-7-25-15-6-5-13(8-14(15)20)9-16-18(23)21(19(24)27-16)10-17(22)26-11-12(2)3/h5-6,8-9,12H,4,7,10-11H2,1-3H3/b16-9-. The molecule has 1 heterocycles. The first kappa shape index (κ1) is 21.5. The molecule has 0 aromatic heterocycles. The predicted molar refractivity (Wildman–Crippen MR) is 108 cm³/mol. The lowest BCUT2D eigenvalue weighted by Gasteiger charge is -2.12. The van der Waals surface area contributed by atoms with E-state index in [9.17, 15) is 14.4 Å². The smallest absolute Gasteiger partial charge is 0.326 e. The molecular weight excluding hydrogens is 434 g/mol. The number of imide groups is 1. The van der Waals surface area contributed by atoms with E-state index in [4.69, 9.17) is 9.47 Å². The molecule has 1 aliphatic rings. The fourth-order valence-corrected chi connectivity index (χ4v) is 3.51. The number of hydrogen-bond donors (Lipinski definition) is 0. The van der Waals surface area contributed by atoms with Gasteiger partial charge in [0.2, 0.25) is 0 Å². The Balaban J connectivity index is 2.07. The second-order valence-electron chi connectivity index (χ2n) is 6.38. The third-order valence-corrected chi connectivity index (χ3v) is 4.98. The van der Waals surface area contributed by atoms with Crippen LogP contribution in [0.2, 0.25) is 0 Å². The van der Waals surface area contributed by atoms with Crippen molar-refractivity contribution in [2.45, 2.75) is 27.2 Å². The predicted octanol–water partition coefficient (Wildman–Crippen LogP) is 4.47. The quantitative estimate of drug-likeness (QED) is 0.425. The van der Waals surface area contributed by atoms with Gasteiger partial charge in [-0.2, -0.15) is 0 Å². The van der Waals surface area contributed by atoms with E-state index < -0.39 is 17.1 Å². The molecule has 27 heavy (non-hydrogen) atoms. The van der Waals surface area contributed by atoms with Gasteiger partial charge in [-0.05, 0) is 63.8 Å². The monoisotopic (exact) mass is 455 g/mol. The summed E-state index contributed by atoms with van der Waals surface area (Å²) in [5.74, 6) is -0.178. The maximum atomic E-state index is 12.5. The van der Waals surface area contributed by atoms with Crippen LogP contribution < -0.4 is 4.74 Å². The summed E-state index contributed by atoms with van der Waals surface area (Å²) in [6.07, 6.45) is 2.53. The highest BCUT2D eigenvalue weighted by molar-refractivity contribution is 9.10. The van der Waals surface area contributed by atoms with Gasteiger partial charge in [0.1, 0.15) is 12.3 Å². The summed E-state index contributed by atoms with van der Waals surface area (Å²) in [7, 11) is 0. The zero-order valence-corrected chi connectivity index (χ0v) is 17.9. The molecule has 1 aliphatic heterocycles. The van der Waals surface area contributed by atoms with E-state index in [1.54, 1.807) is 18.2 Å². The molecule has 1 saturated heterocycles. The zero-order chi connectivity index (χ0) is 20.0. The van der Waals surface area contributed by atoms with E-state index in [0.717, 1.165) is 38.9 Å². The molecule has 1 fully saturated rings. The number of nitrogens with zero attached hydrogens (tertiary/aromatic N) is 1. The Morgan fingerprint density at radius 2 is 2.07 bits per heavy atom. The van der Waals surface area contributed by atoms with Gasteiger partial charge < -0.3 is 9.47 Å². The highest BCUT2D eigenvalue weighted by Crippen LogP contribution is 2.33. The van der Waals surface area contributed by atoms with E-state index in [1.807, 2.05) is 26.8 Å². The number of esters is 1. The molecule has 0 atom stereocenters. The fourth-order valence-electron chi connectivity index (χ4n) is 2.16. The van der Waals surface area contributed by atoms with Crippen molar-refractivity contribution in [1.29, 1.82) is 0 Å². The van der Waals surface area contributed by atoms with Crippen molar-refractivity contribution >= 4 is 50.9 Å². The van der Waals surface area contributed by atoms with Gasteiger partial charge in [-0.3, -0.25) is 19.3 Å². The number of rotatable bonds is 8. The summed E-state index contributed by atoms with van der Waals surface area (Å²) in [5.41, 5.74) is 0.749. The summed E-state index contributed by atoms with van der Waals surface area (Å²) >= 11 is 4.25. The molecule has 0 saturated carbocycles. The van der Waals surface area contributed by atoms with Crippen molar-refractivity contribution in [3.05, 3.63) is 33.1 Å². The normalized spacial score (nSPS) is 15.7. The lowest BCUT2D eigenvalue weighted by Crippen LogP contribution is -2.34. The van der Waals surface area contributed by atoms with Gasteiger partial charge in [0.25, 0.3) is 11.1 Å². The minimum atomic E-state index is -0.590. The van der Waals surface area contributed by atoms with Crippen LogP contribution in [-0.2, 0) is 14.3 Å². The molecule has 8 heteroatoms. The number of ether oxygens (including phenoxy) is 2. The number of benzene rings is 1. The van der Waals surface area contributed by atoms with Gasteiger partial charge in [-0.25, -0.2) is 0 Å². The maximum Gasteiger partial charge on any atom is 0.326 e. The zero-order valence-electron chi connectivity index (χ0n) is 15.5. The minimum Gasteiger partial charge on any atom is -0.492 e. The Morgan fingerprint density at radius 1 is 1.33 bits per heavy atom. The molecule has 0 unspecified atom stereocenters. The van der Waals surface area contributed by atoms with Crippen LogP contribution in [0.1, 0.15) is 32.8 Å². The minimum absolute atomic E-state index is 0.187. The molecule has 0 aliphatic carbocycles. The number of amides is 2. The van der Waals surface area contributed by atoms with Crippen LogP contribution >= 0.6 is 27.7 Å². The largest absolute Gasteiger partial charge is 0.492 e. The third-order valence-electron chi connectivity index (χ3n) is 3.45. The van der Waals surface area contributed by atoms with E-state index >= 15 is 0 Å². The number of carbonyl (C=O) groups excluding carboxylic acids is 3. The van der Waals surface area contributed by atoms with Crippen molar-refractivity contribution in [1.82, 2.24) is 4.90 Å². The van der Waals surface area contributed by atoms with Crippen LogP contribution in [-0.4, -0.2) is 41.8 Å². The Labute approximate surface area is 171 Å². The number of carbonyl (C=O) groups is 3. The molecule has 0 N–H and O–H groups in total. The van der Waals surface area contributed by atoms with Crippen LogP contribution in [0.3, 0.4) is 0 Å². The molecule has 6 nitrogen and oxygen atoms in total. The third kappa shape index (κ3) is 6.10. The Hall–Kier alpha value is -1.80. The van der Waals surface area contributed by atoms with Crippen LogP contribution in [0.5, 0.6) is 5.75 Å². The Morgan fingerprint density at radius 3 is 2.70 bits per heavy atom. The van der Waals surface area contributed by atoms with E-state index in [-0.39, 0.29) is 24.0 Å². The molecule has 1 aromatic carbocycles. The first-order chi connectivity index (χ1) is 12.8. The van der Waals surface area contributed by atoms with E-state index in [1.165, 1.54) is 0 Å². The lowest BCUT2D eigenvalue weighted by atomic mass is 10.2. The summed E-state index contributed by atoms with van der Waals surface area (Å²) in [5, 5.41) is -0.477. The maximum absolute atomic E-state index is 12.5. The first-order valence-corrected chi connectivity index (χ1v) is 10.3. The molecular formula is C19H22BrNO5S. The average Bonchev–Trinajstić information content (AvgIpc) is 2.87. The molecule has 0 bridgehead atoms. The second-order valence-corrected chi connectivity index (χ2v) is 8.23. The summed E-state index contributed by atoms with van der Waals surface area (Å²) in [6.45, 7) is 6.34. The summed E-state index contributed by atoms with van der Waals surface area (Å²) in [6, 6.07) is 5.43. The SMILES string of the molecule is CCCOc1ccc(/C=C2\SC(=O)N(CC(=O)OCC(C)C)C2=O)cc1Br. The number of thioether (sulfide) groups is 1. The van der Waals surface area contributed by atoms with Gasteiger partial charge in [0.05, 0.1) is 22.6 Å². The van der Waals surface area contributed by atoms with Crippen molar-refractivity contribution in [3.63, 3.8) is 0 Å². The summed E-state index contributed by atoms with van der Waals surface area (Å²) < 4.78 is 11.4. The van der Waals surface area contributed by atoms with Crippen molar-refractivity contribution in [3.8, 4) is 5.75 Å². The molecule has 146 valence electrons. The average molecular weight is 456 g/mol. The second kappa shape index (κ2) is 9.94.